The zero-order chi connectivity index (χ0) is 16.0. The first kappa shape index (κ1) is 16.6. The quantitative estimate of drug-likeness (QED) is 0.512. The summed E-state index contributed by atoms with van der Waals surface area (Å²) in [5, 5.41) is 21.9. The van der Waals surface area contributed by atoms with Crippen LogP contribution in [0.4, 0.5) is 11.4 Å². The summed E-state index contributed by atoms with van der Waals surface area (Å²) >= 11 is 0. The molecular formula is C13H17N3O5. The van der Waals surface area contributed by atoms with E-state index in [0.29, 0.717) is 12.0 Å². The standard InChI is InChI=1S/C13H17N3O5/c1-2-8-3-4-9(7-11(8)16(20)21)15-13(19)10(14)5-6-12(17)18/h3-4,7,10H,2,5-6,14H2,1H3,(H,15,19)(H,17,18). The second-order valence-electron chi connectivity index (χ2n) is 4.48. The minimum Gasteiger partial charge on any atom is -0.481 e. The van der Waals surface area contributed by atoms with E-state index >= 15 is 0 Å². The van der Waals surface area contributed by atoms with Crippen molar-refractivity contribution in [2.45, 2.75) is 32.2 Å². The van der Waals surface area contributed by atoms with Crippen LogP contribution < -0.4 is 11.1 Å². The van der Waals surface area contributed by atoms with Gasteiger partial charge in [-0.15, -0.1) is 0 Å². The van der Waals surface area contributed by atoms with Crippen molar-refractivity contribution < 1.29 is 19.6 Å². The van der Waals surface area contributed by atoms with Gasteiger partial charge in [0.05, 0.1) is 11.0 Å². The van der Waals surface area contributed by atoms with Crippen molar-refractivity contribution >= 4 is 23.3 Å². The summed E-state index contributed by atoms with van der Waals surface area (Å²) in [6, 6.07) is 3.40. The molecule has 0 spiro atoms. The van der Waals surface area contributed by atoms with Crippen LogP contribution >= 0.6 is 0 Å². The Labute approximate surface area is 121 Å². The molecule has 4 N–H and O–H groups in total. The summed E-state index contributed by atoms with van der Waals surface area (Å²) in [5.41, 5.74) is 6.31. The molecule has 1 unspecified atom stereocenters. The van der Waals surface area contributed by atoms with Gasteiger partial charge in [0, 0.05) is 23.7 Å². The van der Waals surface area contributed by atoms with E-state index in [-0.39, 0.29) is 24.2 Å². The molecular weight excluding hydrogens is 278 g/mol. The number of hydrogen-bond donors (Lipinski definition) is 3. The van der Waals surface area contributed by atoms with E-state index < -0.39 is 22.8 Å². The number of nitro benzene ring substituents is 1. The van der Waals surface area contributed by atoms with Gasteiger partial charge in [-0.05, 0) is 18.9 Å². The summed E-state index contributed by atoms with van der Waals surface area (Å²) in [5.74, 6) is -1.61. The molecule has 114 valence electrons. The molecule has 1 rings (SSSR count). The number of nitrogens with two attached hydrogens (primary N) is 1. The maximum atomic E-state index is 11.8. The van der Waals surface area contributed by atoms with E-state index in [1.807, 2.05) is 0 Å². The Hall–Kier alpha value is -2.48. The normalized spacial score (nSPS) is 11.7. The predicted octanol–water partition coefficient (Wildman–Crippen LogP) is 1.29. The van der Waals surface area contributed by atoms with Crippen molar-refractivity contribution in [1.29, 1.82) is 0 Å². The highest BCUT2D eigenvalue weighted by Gasteiger charge is 2.18. The Morgan fingerprint density at radius 3 is 2.67 bits per heavy atom. The van der Waals surface area contributed by atoms with Crippen molar-refractivity contribution in [2.24, 2.45) is 5.73 Å². The number of nitro groups is 1. The van der Waals surface area contributed by atoms with Crippen LogP contribution in [-0.2, 0) is 16.0 Å². The minimum absolute atomic E-state index is 0.00367. The SMILES string of the molecule is CCc1ccc(NC(=O)C(N)CCC(=O)O)cc1[N+](=O)[O-]. The maximum Gasteiger partial charge on any atom is 0.303 e. The van der Waals surface area contributed by atoms with Crippen molar-refractivity contribution in [3.05, 3.63) is 33.9 Å². The van der Waals surface area contributed by atoms with Crippen LogP contribution in [0.15, 0.2) is 18.2 Å². The van der Waals surface area contributed by atoms with Crippen LogP contribution in [0.1, 0.15) is 25.3 Å². The molecule has 0 saturated carbocycles. The molecule has 0 heterocycles. The van der Waals surface area contributed by atoms with Crippen LogP contribution in [0.3, 0.4) is 0 Å². The molecule has 0 aromatic heterocycles. The van der Waals surface area contributed by atoms with Crippen LogP contribution in [0.5, 0.6) is 0 Å². The summed E-state index contributed by atoms with van der Waals surface area (Å²) in [6.45, 7) is 1.79. The van der Waals surface area contributed by atoms with Gasteiger partial charge < -0.3 is 16.2 Å². The van der Waals surface area contributed by atoms with Gasteiger partial charge in [-0.3, -0.25) is 19.7 Å². The van der Waals surface area contributed by atoms with Crippen LogP contribution in [-0.4, -0.2) is 27.9 Å². The number of carboxylic acids is 1. The number of aryl methyl sites for hydroxylation is 1. The largest absolute Gasteiger partial charge is 0.481 e. The van der Waals surface area contributed by atoms with Gasteiger partial charge in [0.1, 0.15) is 0 Å². The lowest BCUT2D eigenvalue weighted by molar-refractivity contribution is -0.385. The third kappa shape index (κ3) is 4.84. The van der Waals surface area contributed by atoms with Crippen LogP contribution in [0.25, 0.3) is 0 Å². The van der Waals surface area contributed by atoms with Gasteiger partial charge in [0.15, 0.2) is 0 Å². The molecule has 0 fully saturated rings. The molecule has 1 atom stereocenters. The molecule has 0 saturated heterocycles. The van der Waals surface area contributed by atoms with Gasteiger partial charge in [0.2, 0.25) is 5.91 Å². The average Bonchev–Trinajstić information content (AvgIpc) is 2.44. The number of carboxylic acid groups (broad SMARTS) is 1. The number of anilines is 1. The van der Waals surface area contributed by atoms with Crippen molar-refractivity contribution in [3.63, 3.8) is 0 Å². The molecule has 8 heteroatoms. The van der Waals surface area contributed by atoms with E-state index in [9.17, 15) is 19.7 Å². The van der Waals surface area contributed by atoms with Gasteiger partial charge in [-0.25, -0.2) is 0 Å². The van der Waals surface area contributed by atoms with Crippen LogP contribution in [0, 0.1) is 10.1 Å². The first-order valence-corrected chi connectivity index (χ1v) is 6.40. The van der Waals surface area contributed by atoms with Gasteiger partial charge in [-0.1, -0.05) is 13.0 Å². The fraction of sp³-hybridized carbons (Fsp3) is 0.385. The number of benzene rings is 1. The van der Waals surface area contributed by atoms with E-state index in [0.717, 1.165) is 0 Å². The smallest absolute Gasteiger partial charge is 0.303 e. The van der Waals surface area contributed by atoms with E-state index in [1.54, 1.807) is 19.1 Å². The lowest BCUT2D eigenvalue weighted by atomic mass is 10.1. The van der Waals surface area contributed by atoms with Crippen molar-refractivity contribution in [1.82, 2.24) is 0 Å². The van der Waals surface area contributed by atoms with Crippen LogP contribution in [0.2, 0.25) is 0 Å². The third-order valence-electron chi connectivity index (χ3n) is 2.94. The molecule has 0 radical (unpaired) electrons. The summed E-state index contributed by atoms with van der Waals surface area (Å²) in [6.07, 6.45) is 0.280. The number of amides is 1. The number of hydrogen-bond acceptors (Lipinski definition) is 5. The zero-order valence-corrected chi connectivity index (χ0v) is 11.5. The number of nitrogens with zero attached hydrogens (tertiary/aromatic N) is 1. The molecule has 1 aromatic carbocycles. The molecule has 1 aromatic rings. The highest BCUT2D eigenvalue weighted by Crippen LogP contribution is 2.23. The first-order valence-electron chi connectivity index (χ1n) is 6.40. The zero-order valence-electron chi connectivity index (χ0n) is 11.5. The molecule has 21 heavy (non-hydrogen) atoms. The van der Waals surface area contributed by atoms with E-state index in [4.69, 9.17) is 10.8 Å². The lowest BCUT2D eigenvalue weighted by Gasteiger charge is -2.11. The molecule has 0 aliphatic heterocycles. The molecule has 1 amide bonds. The Morgan fingerprint density at radius 2 is 2.14 bits per heavy atom. The highest BCUT2D eigenvalue weighted by atomic mass is 16.6. The molecule has 0 aliphatic carbocycles. The van der Waals surface area contributed by atoms with Crippen molar-refractivity contribution in [2.75, 3.05) is 5.32 Å². The number of aliphatic carboxylic acids is 1. The fourth-order valence-corrected chi connectivity index (χ4v) is 1.76. The predicted molar refractivity (Wildman–Crippen MR) is 75.9 cm³/mol. The maximum absolute atomic E-state index is 11.8. The van der Waals surface area contributed by atoms with E-state index in [1.165, 1.54) is 6.07 Å². The fourth-order valence-electron chi connectivity index (χ4n) is 1.76. The monoisotopic (exact) mass is 295 g/mol. The third-order valence-corrected chi connectivity index (χ3v) is 2.94. The lowest BCUT2D eigenvalue weighted by Crippen LogP contribution is -2.36. The second kappa shape index (κ2) is 7.34. The van der Waals surface area contributed by atoms with E-state index in [2.05, 4.69) is 5.32 Å². The number of rotatable bonds is 7. The second-order valence-corrected chi connectivity index (χ2v) is 4.48. The summed E-state index contributed by atoms with van der Waals surface area (Å²) in [4.78, 5) is 32.6. The Balaban J connectivity index is 2.78. The Kier molecular flexibility index (Phi) is 5.79. The summed E-state index contributed by atoms with van der Waals surface area (Å²) < 4.78 is 0. The Morgan fingerprint density at radius 1 is 1.48 bits per heavy atom. The number of carbonyl (C=O) groups is 2. The molecule has 8 nitrogen and oxygen atoms in total. The molecule has 0 bridgehead atoms. The average molecular weight is 295 g/mol. The van der Waals surface area contributed by atoms with Crippen molar-refractivity contribution in [3.8, 4) is 0 Å². The molecule has 0 aliphatic rings. The van der Waals surface area contributed by atoms with Gasteiger partial charge in [-0.2, -0.15) is 0 Å². The highest BCUT2D eigenvalue weighted by molar-refractivity contribution is 5.95. The first-order chi connectivity index (χ1) is 9.85. The topological polar surface area (TPSA) is 136 Å². The van der Waals surface area contributed by atoms with Gasteiger partial charge in [0.25, 0.3) is 5.69 Å². The van der Waals surface area contributed by atoms with Gasteiger partial charge >= 0.3 is 5.97 Å². The summed E-state index contributed by atoms with van der Waals surface area (Å²) in [7, 11) is 0. The number of carbonyl (C=O) groups excluding carboxylic acids is 1. The Bertz CT molecular complexity index is 559. The minimum atomic E-state index is -1.04. The number of nitrogens with one attached hydrogen (secondary N) is 1.